The van der Waals surface area contributed by atoms with Crippen molar-refractivity contribution in [2.45, 2.75) is 5.88 Å². The zero-order chi connectivity index (χ0) is 16.2. The summed E-state index contributed by atoms with van der Waals surface area (Å²) in [6.07, 6.45) is 0. The molecule has 3 aromatic rings. The number of rotatable bonds is 5. The summed E-state index contributed by atoms with van der Waals surface area (Å²) in [5, 5.41) is 8.46. The Hall–Kier alpha value is -2.53. The molecule has 0 unspecified atom stereocenters. The predicted octanol–water partition coefficient (Wildman–Crippen LogP) is 3.69. The lowest BCUT2D eigenvalue weighted by molar-refractivity contribution is 0.411. The van der Waals surface area contributed by atoms with Crippen LogP contribution in [0.5, 0.6) is 11.5 Å². The van der Waals surface area contributed by atoms with Crippen molar-refractivity contribution in [2.75, 3.05) is 14.2 Å². The van der Waals surface area contributed by atoms with Crippen molar-refractivity contribution in [3.05, 3.63) is 54.2 Å². The highest BCUT2D eigenvalue weighted by Gasteiger charge is 2.18. The fourth-order valence-corrected chi connectivity index (χ4v) is 2.59. The second kappa shape index (κ2) is 6.71. The van der Waals surface area contributed by atoms with E-state index < -0.39 is 0 Å². The molecule has 3 rings (SSSR count). The smallest absolute Gasteiger partial charge is 0.144 e. The first-order valence-electron chi connectivity index (χ1n) is 7.07. The van der Waals surface area contributed by atoms with Crippen molar-refractivity contribution >= 4 is 11.6 Å². The van der Waals surface area contributed by atoms with Crippen LogP contribution in [0.2, 0.25) is 0 Å². The summed E-state index contributed by atoms with van der Waals surface area (Å²) >= 11 is 6.04. The van der Waals surface area contributed by atoms with Gasteiger partial charge in [-0.05, 0) is 36.4 Å². The van der Waals surface area contributed by atoms with Gasteiger partial charge in [0.15, 0.2) is 0 Å². The molecule has 1 heterocycles. The maximum absolute atomic E-state index is 6.04. The van der Waals surface area contributed by atoms with Crippen molar-refractivity contribution in [2.24, 2.45) is 0 Å². The van der Waals surface area contributed by atoms with Crippen molar-refractivity contribution in [3.63, 3.8) is 0 Å². The van der Waals surface area contributed by atoms with E-state index in [0.29, 0.717) is 11.4 Å². The Morgan fingerprint density at radius 3 is 2.39 bits per heavy atom. The van der Waals surface area contributed by atoms with Crippen LogP contribution in [0, 0.1) is 0 Å². The van der Waals surface area contributed by atoms with Gasteiger partial charge in [0.05, 0.1) is 25.8 Å². The van der Waals surface area contributed by atoms with Crippen LogP contribution in [0.25, 0.3) is 16.9 Å². The number of halogens is 1. The van der Waals surface area contributed by atoms with Crippen LogP contribution in [0.3, 0.4) is 0 Å². The normalized spacial score (nSPS) is 10.6. The average molecular weight is 330 g/mol. The quantitative estimate of drug-likeness (QED) is 0.670. The van der Waals surface area contributed by atoms with Gasteiger partial charge in [-0.2, -0.15) is 0 Å². The Labute approximate surface area is 139 Å². The van der Waals surface area contributed by atoms with E-state index in [0.717, 1.165) is 22.7 Å². The number of methoxy groups -OCH3 is 2. The fraction of sp³-hybridized carbons (Fsp3) is 0.176. The van der Waals surface area contributed by atoms with Crippen LogP contribution in [-0.4, -0.2) is 29.2 Å². The molecule has 0 amide bonds. The summed E-state index contributed by atoms with van der Waals surface area (Å²) in [6.45, 7) is 0. The first-order chi connectivity index (χ1) is 11.3. The Morgan fingerprint density at radius 1 is 1.00 bits per heavy atom. The van der Waals surface area contributed by atoms with Crippen LogP contribution in [0.15, 0.2) is 48.5 Å². The SMILES string of the molecule is COc1ccc(-c2c(CCl)nnn2-c2ccccc2OC)cc1. The minimum Gasteiger partial charge on any atom is -0.497 e. The molecule has 6 heteroatoms. The molecule has 118 valence electrons. The lowest BCUT2D eigenvalue weighted by atomic mass is 10.1. The van der Waals surface area contributed by atoms with Crippen molar-refractivity contribution < 1.29 is 9.47 Å². The Morgan fingerprint density at radius 2 is 1.74 bits per heavy atom. The Balaban J connectivity index is 2.17. The molecule has 0 N–H and O–H groups in total. The van der Waals surface area contributed by atoms with Gasteiger partial charge in [-0.25, -0.2) is 4.68 Å². The number of ether oxygens (including phenoxy) is 2. The van der Waals surface area contributed by atoms with Crippen LogP contribution >= 0.6 is 11.6 Å². The number of para-hydroxylation sites is 2. The van der Waals surface area contributed by atoms with Gasteiger partial charge in [0, 0.05) is 5.56 Å². The first-order valence-corrected chi connectivity index (χ1v) is 7.60. The maximum Gasteiger partial charge on any atom is 0.144 e. The summed E-state index contributed by atoms with van der Waals surface area (Å²) in [7, 11) is 3.27. The largest absolute Gasteiger partial charge is 0.497 e. The molecule has 0 aliphatic carbocycles. The van der Waals surface area contributed by atoms with Gasteiger partial charge in [0.25, 0.3) is 0 Å². The first kappa shape index (κ1) is 15.4. The predicted molar refractivity (Wildman–Crippen MR) is 89.5 cm³/mol. The van der Waals surface area contributed by atoms with E-state index in [2.05, 4.69) is 10.3 Å². The van der Waals surface area contributed by atoms with Gasteiger partial charge in [-0.3, -0.25) is 0 Å². The molecule has 0 saturated heterocycles. The summed E-state index contributed by atoms with van der Waals surface area (Å²) in [6, 6.07) is 15.4. The van der Waals surface area contributed by atoms with E-state index in [1.54, 1.807) is 18.9 Å². The number of alkyl halides is 1. The van der Waals surface area contributed by atoms with Gasteiger partial charge in [-0.1, -0.05) is 17.3 Å². The van der Waals surface area contributed by atoms with Crippen molar-refractivity contribution in [1.82, 2.24) is 15.0 Å². The molecule has 5 nitrogen and oxygen atoms in total. The van der Waals surface area contributed by atoms with Crippen LogP contribution in [0.4, 0.5) is 0 Å². The number of benzene rings is 2. The van der Waals surface area contributed by atoms with E-state index in [1.807, 2.05) is 48.5 Å². The second-order valence-corrected chi connectivity index (χ2v) is 5.10. The van der Waals surface area contributed by atoms with Gasteiger partial charge in [-0.15, -0.1) is 16.7 Å². The van der Waals surface area contributed by atoms with E-state index >= 15 is 0 Å². The molecular weight excluding hydrogens is 314 g/mol. The summed E-state index contributed by atoms with van der Waals surface area (Å²) in [5.41, 5.74) is 3.32. The van der Waals surface area contributed by atoms with Crippen molar-refractivity contribution in [3.8, 4) is 28.4 Å². The van der Waals surface area contributed by atoms with Gasteiger partial charge >= 0.3 is 0 Å². The lowest BCUT2D eigenvalue weighted by Crippen LogP contribution is -2.02. The molecule has 0 radical (unpaired) electrons. The highest BCUT2D eigenvalue weighted by atomic mass is 35.5. The lowest BCUT2D eigenvalue weighted by Gasteiger charge is -2.11. The molecule has 0 fully saturated rings. The minimum atomic E-state index is 0.274. The second-order valence-electron chi connectivity index (χ2n) is 4.83. The van der Waals surface area contributed by atoms with Crippen LogP contribution < -0.4 is 9.47 Å². The standard InChI is InChI=1S/C17H16ClN3O2/c1-22-13-9-7-12(8-10-13)17-14(11-18)19-20-21(17)15-5-3-4-6-16(15)23-2/h3-10H,11H2,1-2H3. The number of nitrogens with zero attached hydrogens (tertiary/aromatic N) is 3. The number of hydrogen-bond donors (Lipinski definition) is 0. The summed E-state index contributed by atoms with van der Waals surface area (Å²) < 4.78 is 12.4. The molecule has 0 spiro atoms. The maximum atomic E-state index is 6.04. The van der Waals surface area contributed by atoms with Crippen molar-refractivity contribution in [1.29, 1.82) is 0 Å². The third-order valence-electron chi connectivity index (χ3n) is 3.54. The summed E-state index contributed by atoms with van der Waals surface area (Å²) in [4.78, 5) is 0. The van der Waals surface area contributed by atoms with E-state index in [4.69, 9.17) is 21.1 Å². The Kier molecular flexibility index (Phi) is 4.48. The van der Waals surface area contributed by atoms with Gasteiger partial charge in [0.1, 0.15) is 22.9 Å². The molecule has 0 aliphatic heterocycles. The highest BCUT2D eigenvalue weighted by molar-refractivity contribution is 6.17. The zero-order valence-electron chi connectivity index (χ0n) is 12.9. The van der Waals surface area contributed by atoms with Gasteiger partial charge in [0.2, 0.25) is 0 Å². The number of hydrogen-bond acceptors (Lipinski definition) is 4. The molecule has 0 saturated carbocycles. The van der Waals surface area contributed by atoms with Crippen LogP contribution in [0.1, 0.15) is 5.69 Å². The average Bonchev–Trinajstić information content (AvgIpc) is 3.05. The minimum absolute atomic E-state index is 0.274. The Bertz CT molecular complexity index is 800. The monoisotopic (exact) mass is 329 g/mol. The van der Waals surface area contributed by atoms with E-state index in [9.17, 15) is 0 Å². The summed E-state index contributed by atoms with van der Waals surface area (Å²) in [5.74, 6) is 1.78. The highest BCUT2D eigenvalue weighted by Crippen LogP contribution is 2.31. The van der Waals surface area contributed by atoms with Crippen LogP contribution in [-0.2, 0) is 5.88 Å². The molecule has 1 aromatic heterocycles. The third-order valence-corrected chi connectivity index (χ3v) is 3.80. The number of aromatic nitrogens is 3. The third kappa shape index (κ3) is 2.87. The fourth-order valence-electron chi connectivity index (χ4n) is 2.41. The molecule has 0 bridgehead atoms. The van der Waals surface area contributed by atoms with E-state index in [1.165, 1.54) is 0 Å². The zero-order valence-corrected chi connectivity index (χ0v) is 13.6. The molecule has 23 heavy (non-hydrogen) atoms. The molecule has 0 atom stereocenters. The topological polar surface area (TPSA) is 49.2 Å². The van der Waals surface area contributed by atoms with E-state index in [-0.39, 0.29) is 5.88 Å². The van der Waals surface area contributed by atoms with Gasteiger partial charge < -0.3 is 9.47 Å². The molecule has 0 aliphatic rings. The molecule has 2 aromatic carbocycles. The molecular formula is C17H16ClN3O2.